The molecule has 0 bridgehead atoms. The number of hydrazone groups is 1. The Morgan fingerprint density at radius 3 is 2.43 bits per heavy atom. The van der Waals surface area contributed by atoms with Crippen molar-refractivity contribution >= 4 is 52.0 Å². The average molecular weight is 534 g/mol. The molecule has 4 aromatic rings. The van der Waals surface area contributed by atoms with Crippen LogP contribution in [0.5, 0.6) is 5.75 Å². The molecule has 4 aromatic carbocycles. The molecule has 0 heterocycles. The van der Waals surface area contributed by atoms with Crippen molar-refractivity contribution in [3.63, 3.8) is 0 Å². The minimum absolute atomic E-state index is 0.274. The number of carbonyl (C=O) groups is 2. The third kappa shape index (κ3) is 7.09. The van der Waals surface area contributed by atoms with E-state index in [-0.39, 0.29) is 11.4 Å². The summed E-state index contributed by atoms with van der Waals surface area (Å²) in [7, 11) is 0. The van der Waals surface area contributed by atoms with Gasteiger partial charge in [-0.05, 0) is 41.5 Å². The Balaban J connectivity index is 1.46. The van der Waals surface area contributed by atoms with Gasteiger partial charge in [-0.15, -0.1) is 0 Å². The maximum atomic E-state index is 13.1. The molecule has 0 aromatic heterocycles. The van der Waals surface area contributed by atoms with Crippen LogP contribution in [0.3, 0.4) is 0 Å². The topological polar surface area (TPSA) is 79.8 Å². The molecule has 0 aliphatic heterocycles. The van der Waals surface area contributed by atoms with E-state index in [0.29, 0.717) is 10.8 Å². The average Bonchev–Trinajstić information content (AvgIpc) is 2.90. The molecule has 0 aliphatic carbocycles. The van der Waals surface area contributed by atoms with E-state index in [0.717, 1.165) is 21.9 Å². The van der Waals surface area contributed by atoms with Crippen LogP contribution in [0.15, 0.2) is 96.1 Å². The largest absolute Gasteiger partial charge is 0.479 e. The Kier molecular flexibility index (Phi) is 8.77. The van der Waals surface area contributed by atoms with Gasteiger partial charge in [0.15, 0.2) is 6.10 Å². The van der Waals surface area contributed by atoms with Gasteiger partial charge >= 0.3 is 0 Å². The van der Waals surface area contributed by atoms with Crippen molar-refractivity contribution in [2.45, 2.75) is 25.5 Å². The molecule has 6 nitrogen and oxygen atoms in total. The zero-order valence-corrected chi connectivity index (χ0v) is 21.5. The fourth-order valence-corrected chi connectivity index (χ4v) is 4.22. The van der Waals surface area contributed by atoms with E-state index in [2.05, 4.69) is 15.8 Å². The molecule has 8 heteroatoms. The Labute approximate surface area is 225 Å². The molecule has 0 radical (unpaired) electrons. The van der Waals surface area contributed by atoms with Crippen LogP contribution in [0.1, 0.15) is 18.1 Å². The van der Waals surface area contributed by atoms with Gasteiger partial charge in [0.05, 0.1) is 11.2 Å². The molecule has 4 rings (SSSR count). The summed E-state index contributed by atoms with van der Waals surface area (Å²) in [5, 5.41) is 9.76. The summed E-state index contributed by atoms with van der Waals surface area (Å²) in [6.45, 7) is 1.58. The number of fused-ring (bicyclic) bond motifs is 1. The molecule has 0 unspecified atom stereocenters. The number of benzene rings is 4. The van der Waals surface area contributed by atoms with Gasteiger partial charge < -0.3 is 10.1 Å². The van der Waals surface area contributed by atoms with Crippen molar-refractivity contribution in [2.24, 2.45) is 5.10 Å². The number of halogens is 2. The summed E-state index contributed by atoms with van der Waals surface area (Å²) in [4.78, 5) is 26.0. The molecule has 0 saturated heterocycles. The second-order valence-corrected chi connectivity index (χ2v) is 9.23. The first-order valence-corrected chi connectivity index (χ1v) is 12.4. The maximum absolute atomic E-state index is 13.1. The van der Waals surface area contributed by atoms with Gasteiger partial charge in [0.25, 0.3) is 11.8 Å². The number of carbonyl (C=O) groups excluding carboxylic acids is 2. The molecular weight excluding hydrogens is 509 g/mol. The first kappa shape index (κ1) is 26.2. The van der Waals surface area contributed by atoms with Crippen LogP contribution in [0.4, 0.5) is 0 Å². The lowest BCUT2D eigenvalue weighted by Crippen LogP contribution is -2.50. The predicted octanol–water partition coefficient (Wildman–Crippen LogP) is 5.79. The summed E-state index contributed by atoms with van der Waals surface area (Å²) in [6.07, 6.45) is 0.955. The monoisotopic (exact) mass is 533 g/mol. The number of nitrogens with one attached hydrogen (secondary N) is 2. The first-order chi connectivity index (χ1) is 17.9. The quantitative estimate of drug-likeness (QED) is 0.211. The Bertz CT molecular complexity index is 1420. The summed E-state index contributed by atoms with van der Waals surface area (Å²) in [5.74, 6) is -0.608. The lowest BCUT2D eigenvalue weighted by Gasteiger charge is -2.21. The van der Waals surface area contributed by atoms with Gasteiger partial charge in [-0.1, -0.05) is 96.0 Å². The third-order valence-electron chi connectivity index (χ3n) is 5.68. The highest BCUT2D eigenvalue weighted by atomic mass is 35.5. The van der Waals surface area contributed by atoms with Crippen LogP contribution in [0, 0.1) is 0 Å². The van der Waals surface area contributed by atoms with E-state index in [1.165, 1.54) is 6.07 Å². The molecule has 2 atom stereocenters. The van der Waals surface area contributed by atoms with Gasteiger partial charge in [-0.25, -0.2) is 5.43 Å². The minimum Gasteiger partial charge on any atom is -0.479 e. The number of ether oxygens (including phenoxy) is 1. The summed E-state index contributed by atoms with van der Waals surface area (Å²) >= 11 is 12.1. The second kappa shape index (κ2) is 12.4. The molecule has 188 valence electrons. The number of amides is 2. The molecule has 0 saturated carbocycles. The van der Waals surface area contributed by atoms with Crippen molar-refractivity contribution in [1.29, 1.82) is 0 Å². The van der Waals surface area contributed by atoms with Crippen LogP contribution < -0.4 is 15.5 Å². The van der Waals surface area contributed by atoms with Crippen molar-refractivity contribution in [1.82, 2.24) is 10.7 Å². The fourth-order valence-electron chi connectivity index (χ4n) is 3.77. The number of rotatable bonds is 9. The van der Waals surface area contributed by atoms with Gasteiger partial charge in [-0.3, -0.25) is 9.59 Å². The number of hydrogen-bond donors (Lipinski definition) is 2. The van der Waals surface area contributed by atoms with Crippen molar-refractivity contribution in [3.8, 4) is 5.75 Å². The lowest BCUT2D eigenvalue weighted by molar-refractivity contribution is -0.132. The van der Waals surface area contributed by atoms with Crippen LogP contribution in [0.2, 0.25) is 10.0 Å². The van der Waals surface area contributed by atoms with Crippen molar-refractivity contribution < 1.29 is 14.3 Å². The van der Waals surface area contributed by atoms with E-state index in [9.17, 15) is 9.59 Å². The van der Waals surface area contributed by atoms with Gasteiger partial charge in [0, 0.05) is 17.0 Å². The SMILES string of the molecule is C[C@H](Oc1ccc(Cl)cc1Cl)C(=O)N[C@@H](Cc1ccccc1)C(=O)N/N=C\c1cccc2ccccc12. The highest BCUT2D eigenvalue weighted by Crippen LogP contribution is 2.28. The Morgan fingerprint density at radius 2 is 1.65 bits per heavy atom. The summed E-state index contributed by atoms with van der Waals surface area (Å²) < 4.78 is 5.71. The van der Waals surface area contributed by atoms with Crippen LogP contribution in [0.25, 0.3) is 10.8 Å². The van der Waals surface area contributed by atoms with Crippen LogP contribution >= 0.6 is 23.2 Å². The van der Waals surface area contributed by atoms with E-state index in [1.807, 2.05) is 72.8 Å². The zero-order chi connectivity index (χ0) is 26.2. The number of nitrogens with zero attached hydrogens (tertiary/aromatic N) is 1. The first-order valence-electron chi connectivity index (χ1n) is 11.7. The predicted molar refractivity (Wildman–Crippen MR) is 148 cm³/mol. The van der Waals surface area contributed by atoms with Gasteiger partial charge in [0.2, 0.25) is 0 Å². The molecule has 2 N–H and O–H groups in total. The highest BCUT2D eigenvalue weighted by molar-refractivity contribution is 6.35. The Hall–Kier alpha value is -3.87. The van der Waals surface area contributed by atoms with E-state index in [1.54, 1.807) is 25.3 Å². The van der Waals surface area contributed by atoms with Crippen LogP contribution in [-0.4, -0.2) is 30.2 Å². The highest BCUT2D eigenvalue weighted by Gasteiger charge is 2.25. The number of hydrogen-bond acceptors (Lipinski definition) is 4. The Morgan fingerprint density at radius 1 is 0.919 bits per heavy atom. The molecular formula is C29H25Cl2N3O3. The van der Waals surface area contributed by atoms with Gasteiger partial charge in [-0.2, -0.15) is 5.10 Å². The van der Waals surface area contributed by atoms with Crippen LogP contribution in [-0.2, 0) is 16.0 Å². The normalized spacial score (nSPS) is 12.7. The molecule has 0 spiro atoms. The standard InChI is InChI=1S/C29H25Cl2N3O3/c1-19(37-27-15-14-23(30)17-25(27)31)28(35)33-26(16-20-8-3-2-4-9-20)29(36)34-32-18-22-12-7-11-21-10-5-6-13-24(21)22/h2-15,17-19,26H,16H2,1H3,(H,33,35)(H,34,36)/b32-18-/t19-,26-/m0/s1. The zero-order valence-electron chi connectivity index (χ0n) is 20.0. The fraction of sp³-hybridized carbons (Fsp3) is 0.138. The summed E-state index contributed by atoms with van der Waals surface area (Å²) in [6, 6.07) is 27.0. The molecule has 37 heavy (non-hydrogen) atoms. The van der Waals surface area contributed by atoms with E-state index >= 15 is 0 Å². The molecule has 2 amide bonds. The lowest BCUT2D eigenvalue weighted by atomic mass is 10.1. The maximum Gasteiger partial charge on any atom is 0.262 e. The second-order valence-electron chi connectivity index (χ2n) is 8.39. The molecule has 0 aliphatic rings. The summed E-state index contributed by atoms with van der Waals surface area (Å²) in [5.41, 5.74) is 4.31. The van der Waals surface area contributed by atoms with Crippen molar-refractivity contribution in [2.75, 3.05) is 0 Å². The van der Waals surface area contributed by atoms with E-state index < -0.39 is 24.0 Å². The van der Waals surface area contributed by atoms with Crippen molar-refractivity contribution in [3.05, 3.63) is 112 Å². The minimum atomic E-state index is -0.913. The van der Waals surface area contributed by atoms with Gasteiger partial charge in [0.1, 0.15) is 11.8 Å². The smallest absolute Gasteiger partial charge is 0.262 e. The third-order valence-corrected chi connectivity index (χ3v) is 6.21. The molecule has 0 fully saturated rings. The van der Waals surface area contributed by atoms with E-state index in [4.69, 9.17) is 27.9 Å².